The number of nitrogens with one attached hydrogen (secondary N) is 2. The summed E-state index contributed by atoms with van der Waals surface area (Å²) in [7, 11) is 1.85. The van der Waals surface area contributed by atoms with Gasteiger partial charge in [0.15, 0.2) is 0 Å². The number of nitrogens with zero attached hydrogens (tertiary/aromatic N) is 5. The Labute approximate surface area is 156 Å². The van der Waals surface area contributed by atoms with E-state index in [9.17, 15) is 4.79 Å². The van der Waals surface area contributed by atoms with Crippen molar-refractivity contribution in [3.8, 4) is 0 Å². The van der Waals surface area contributed by atoms with E-state index in [1.54, 1.807) is 15.6 Å². The van der Waals surface area contributed by atoms with Gasteiger partial charge in [-0.2, -0.15) is 15.2 Å². The lowest BCUT2D eigenvalue weighted by molar-refractivity contribution is -0.113. The van der Waals surface area contributed by atoms with E-state index in [-0.39, 0.29) is 5.91 Å². The molecule has 27 heavy (non-hydrogen) atoms. The number of amides is 1. The molecule has 4 rings (SSSR count). The van der Waals surface area contributed by atoms with Crippen LogP contribution in [0.3, 0.4) is 0 Å². The Bertz CT molecular complexity index is 1060. The Kier molecular flexibility index (Phi) is 4.02. The van der Waals surface area contributed by atoms with Crippen LogP contribution in [0.5, 0.6) is 0 Å². The summed E-state index contributed by atoms with van der Waals surface area (Å²) < 4.78 is 3.46. The van der Waals surface area contributed by atoms with Crippen LogP contribution in [0.4, 0.5) is 11.6 Å². The Hall–Kier alpha value is -3.42. The Morgan fingerprint density at radius 2 is 2.00 bits per heavy atom. The first kappa shape index (κ1) is 17.0. The van der Waals surface area contributed by atoms with Crippen molar-refractivity contribution < 1.29 is 4.79 Å². The number of carbonyl (C=O) groups is 1. The van der Waals surface area contributed by atoms with Crippen LogP contribution in [-0.4, -0.2) is 30.5 Å². The smallest absolute Gasteiger partial charge is 0.255 e. The fourth-order valence-electron chi connectivity index (χ4n) is 3.45. The maximum Gasteiger partial charge on any atom is 0.255 e. The zero-order chi connectivity index (χ0) is 19.1. The molecule has 2 N–H and O–H groups in total. The summed E-state index contributed by atoms with van der Waals surface area (Å²) in [4.78, 5) is 17.5. The van der Waals surface area contributed by atoms with Crippen molar-refractivity contribution in [1.82, 2.24) is 24.5 Å². The van der Waals surface area contributed by atoms with Gasteiger partial charge in [-0.25, -0.2) is 4.68 Å². The summed E-state index contributed by atoms with van der Waals surface area (Å²) in [6.07, 6.45) is 3.19. The second-order valence-electron chi connectivity index (χ2n) is 6.75. The van der Waals surface area contributed by atoms with E-state index in [0.717, 1.165) is 28.2 Å². The summed E-state index contributed by atoms with van der Waals surface area (Å²) in [5.41, 5.74) is 5.14. The molecule has 8 nitrogen and oxygen atoms in total. The highest BCUT2D eigenvalue weighted by Crippen LogP contribution is 2.35. The van der Waals surface area contributed by atoms with Crippen LogP contribution in [0.25, 0.3) is 0 Å². The molecular formula is C19H21N7O. The number of allylic oxidation sites excluding steroid dienone is 1. The van der Waals surface area contributed by atoms with Gasteiger partial charge >= 0.3 is 0 Å². The minimum absolute atomic E-state index is 0.181. The third kappa shape index (κ3) is 2.88. The molecule has 8 heteroatoms. The van der Waals surface area contributed by atoms with Gasteiger partial charge in [-0.05, 0) is 38.5 Å². The van der Waals surface area contributed by atoms with E-state index in [0.29, 0.717) is 11.5 Å². The second kappa shape index (κ2) is 6.39. The van der Waals surface area contributed by atoms with Gasteiger partial charge in [0, 0.05) is 24.6 Å². The molecular weight excluding hydrogens is 342 g/mol. The summed E-state index contributed by atoms with van der Waals surface area (Å²) in [6.45, 7) is 5.89. The van der Waals surface area contributed by atoms with Crippen molar-refractivity contribution >= 4 is 17.5 Å². The van der Waals surface area contributed by atoms with E-state index >= 15 is 0 Å². The quantitative estimate of drug-likeness (QED) is 0.746. The number of carbonyl (C=O) groups excluding carboxylic acids is 1. The molecule has 0 spiro atoms. The molecule has 2 aromatic heterocycles. The molecule has 3 heterocycles. The lowest BCUT2D eigenvalue weighted by Crippen LogP contribution is -2.32. The van der Waals surface area contributed by atoms with Crippen molar-refractivity contribution in [2.45, 2.75) is 26.8 Å². The van der Waals surface area contributed by atoms with E-state index in [1.165, 1.54) is 6.33 Å². The molecule has 1 aliphatic heterocycles. The number of hydrogen-bond acceptors (Lipinski definition) is 5. The van der Waals surface area contributed by atoms with E-state index in [2.05, 4.69) is 25.8 Å². The first-order chi connectivity index (χ1) is 13.0. The lowest BCUT2D eigenvalue weighted by atomic mass is 9.99. The Morgan fingerprint density at radius 3 is 2.70 bits per heavy atom. The van der Waals surface area contributed by atoms with E-state index in [4.69, 9.17) is 0 Å². The summed E-state index contributed by atoms with van der Waals surface area (Å²) >= 11 is 0. The molecule has 1 atom stereocenters. The van der Waals surface area contributed by atoms with Gasteiger partial charge < -0.3 is 10.6 Å². The Balaban J connectivity index is 1.77. The highest BCUT2D eigenvalue weighted by Gasteiger charge is 2.35. The molecule has 0 saturated heterocycles. The van der Waals surface area contributed by atoms with E-state index < -0.39 is 6.04 Å². The average Bonchev–Trinajstić information content (AvgIpc) is 3.24. The topological polar surface area (TPSA) is 89.7 Å². The zero-order valence-electron chi connectivity index (χ0n) is 15.7. The van der Waals surface area contributed by atoms with Crippen LogP contribution in [0.15, 0.2) is 48.1 Å². The van der Waals surface area contributed by atoms with Crippen molar-refractivity contribution in [1.29, 1.82) is 0 Å². The fraction of sp³-hybridized carbons (Fsp3) is 0.263. The maximum atomic E-state index is 13.3. The number of benzene rings is 1. The predicted molar refractivity (Wildman–Crippen MR) is 102 cm³/mol. The SMILES string of the molecule is CC1=C(C(=O)Nc2ccc(C)cc2C)C(c2ccnn2C)n2ncnc2N1. The van der Waals surface area contributed by atoms with Gasteiger partial charge in [-0.3, -0.25) is 9.48 Å². The first-order valence-electron chi connectivity index (χ1n) is 8.69. The molecule has 1 aliphatic rings. The molecule has 1 amide bonds. The first-order valence-corrected chi connectivity index (χ1v) is 8.69. The lowest BCUT2D eigenvalue weighted by Gasteiger charge is -2.28. The molecule has 0 fully saturated rings. The van der Waals surface area contributed by atoms with Crippen molar-refractivity contribution in [3.63, 3.8) is 0 Å². The van der Waals surface area contributed by atoms with Crippen LogP contribution >= 0.6 is 0 Å². The van der Waals surface area contributed by atoms with Crippen molar-refractivity contribution in [3.05, 3.63) is 64.9 Å². The number of aromatic nitrogens is 5. The van der Waals surface area contributed by atoms with E-state index in [1.807, 2.05) is 52.1 Å². The largest absolute Gasteiger partial charge is 0.328 e. The van der Waals surface area contributed by atoms with Gasteiger partial charge in [-0.15, -0.1) is 0 Å². The molecule has 0 aliphatic carbocycles. The monoisotopic (exact) mass is 363 g/mol. The standard InChI is InChI=1S/C19H21N7O/c1-11-5-6-14(12(2)9-11)24-18(27)16-13(3)23-19-20-10-22-26(19)17(16)15-7-8-21-25(15)4/h5-10,17H,1-4H3,(H,24,27)(H,20,22,23). The molecule has 0 saturated carbocycles. The maximum absolute atomic E-state index is 13.3. The summed E-state index contributed by atoms with van der Waals surface area (Å²) in [5.74, 6) is 0.418. The molecule has 1 aromatic carbocycles. The average molecular weight is 363 g/mol. The minimum Gasteiger partial charge on any atom is -0.328 e. The van der Waals surface area contributed by atoms with Gasteiger partial charge in [0.1, 0.15) is 12.4 Å². The highest BCUT2D eigenvalue weighted by molar-refractivity contribution is 6.06. The zero-order valence-corrected chi connectivity index (χ0v) is 15.7. The van der Waals surface area contributed by atoms with Gasteiger partial charge in [0.05, 0.1) is 11.3 Å². The number of anilines is 2. The van der Waals surface area contributed by atoms with Gasteiger partial charge in [-0.1, -0.05) is 17.7 Å². The molecule has 0 radical (unpaired) electrons. The minimum atomic E-state index is -0.415. The van der Waals surface area contributed by atoms with Gasteiger partial charge in [0.25, 0.3) is 5.91 Å². The van der Waals surface area contributed by atoms with Crippen molar-refractivity contribution in [2.75, 3.05) is 10.6 Å². The number of rotatable bonds is 3. The number of aryl methyl sites for hydroxylation is 3. The van der Waals surface area contributed by atoms with Crippen LogP contribution in [0.2, 0.25) is 0 Å². The normalized spacial score (nSPS) is 16.1. The molecule has 0 bridgehead atoms. The number of fused-ring (bicyclic) bond motifs is 1. The van der Waals surface area contributed by atoms with Crippen LogP contribution in [-0.2, 0) is 11.8 Å². The van der Waals surface area contributed by atoms with Crippen molar-refractivity contribution in [2.24, 2.45) is 7.05 Å². The third-order valence-corrected chi connectivity index (χ3v) is 4.81. The third-order valence-electron chi connectivity index (χ3n) is 4.81. The summed E-state index contributed by atoms with van der Waals surface area (Å²) in [6, 6.07) is 7.43. The highest BCUT2D eigenvalue weighted by atomic mass is 16.1. The summed E-state index contributed by atoms with van der Waals surface area (Å²) in [5, 5.41) is 14.8. The van der Waals surface area contributed by atoms with Crippen LogP contribution in [0.1, 0.15) is 29.8 Å². The number of hydrogen-bond donors (Lipinski definition) is 2. The van der Waals surface area contributed by atoms with Gasteiger partial charge in [0.2, 0.25) is 5.95 Å². The van der Waals surface area contributed by atoms with Crippen LogP contribution < -0.4 is 10.6 Å². The fourth-order valence-corrected chi connectivity index (χ4v) is 3.45. The Morgan fingerprint density at radius 1 is 1.19 bits per heavy atom. The molecule has 1 unspecified atom stereocenters. The van der Waals surface area contributed by atoms with Crippen LogP contribution in [0, 0.1) is 13.8 Å². The second-order valence-corrected chi connectivity index (χ2v) is 6.75. The molecule has 3 aromatic rings. The predicted octanol–water partition coefficient (Wildman–Crippen LogP) is 2.56. The molecule has 138 valence electrons.